The molecule has 2 aromatic rings. The van der Waals surface area contributed by atoms with E-state index < -0.39 is 55.0 Å². The fraction of sp³-hybridized carbons (Fsp3) is 0.238. The number of primary amides is 1. The molecule has 10 nitrogen and oxygen atoms in total. The van der Waals surface area contributed by atoms with Crippen LogP contribution in [0.1, 0.15) is 15.9 Å². The smallest absolute Gasteiger partial charge is 0.267 e. The van der Waals surface area contributed by atoms with Crippen molar-refractivity contribution < 1.29 is 31.2 Å². The lowest BCUT2D eigenvalue weighted by atomic mass is 10.1. The molecule has 0 aromatic heterocycles. The molecule has 1 unspecified atom stereocenters. The van der Waals surface area contributed by atoms with Gasteiger partial charge < -0.3 is 11.1 Å². The van der Waals surface area contributed by atoms with Crippen molar-refractivity contribution in [2.45, 2.75) is 16.7 Å². The molecule has 3 rings (SSSR count). The fourth-order valence-corrected chi connectivity index (χ4v) is 6.20. The van der Waals surface area contributed by atoms with Crippen molar-refractivity contribution in [3.63, 3.8) is 0 Å². The zero-order chi connectivity index (χ0) is 24.2. The number of nitrogens with one attached hydrogen (secondary N) is 1. The predicted octanol–water partition coefficient (Wildman–Crippen LogP) is -0.337. The molecule has 1 radical (unpaired) electrons. The van der Waals surface area contributed by atoms with Gasteiger partial charge in [-0.05, 0) is 23.8 Å². The van der Waals surface area contributed by atoms with Crippen LogP contribution in [0, 0.1) is 6.42 Å². The molecule has 0 spiro atoms. The van der Waals surface area contributed by atoms with Gasteiger partial charge in [0.05, 0.1) is 29.4 Å². The molecule has 1 heterocycles. The quantitative estimate of drug-likeness (QED) is 0.481. The lowest BCUT2D eigenvalue weighted by Crippen LogP contribution is -2.49. The Kier molecular flexibility index (Phi) is 7.30. The summed E-state index contributed by atoms with van der Waals surface area (Å²) < 4.78 is 52.0. The summed E-state index contributed by atoms with van der Waals surface area (Å²) in [4.78, 5) is 36.5. The van der Waals surface area contributed by atoms with E-state index in [1.54, 1.807) is 12.1 Å². The van der Waals surface area contributed by atoms with Crippen LogP contribution in [0.2, 0.25) is 0 Å². The average Bonchev–Trinajstić information content (AvgIpc) is 3.18. The summed E-state index contributed by atoms with van der Waals surface area (Å²) in [5.74, 6) is -3.81. The SMILES string of the molecule is NC(=O)c1ccccc1CS(=O)(=O)C[CH]C(=O)N(C1CNCC1=O)S(=O)(=O)c1ccccc1. The maximum atomic E-state index is 13.1. The molecule has 1 aliphatic rings. The van der Waals surface area contributed by atoms with Crippen LogP contribution in [0.4, 0.5) is 0 Å². The first-order valence-electron chi connectivity index (χ1n) is 9.81. The molecule has 0 aliphatic carbocycles. The Balaban J connectivity index is 1.83. The van der Waals surface area contributed by atoms with E-state index in [9.17, 15) is 31.2 Å². The summed E-state index contributed by atoms with van der Waals surface area (Å²) in [5, 5.41) is 2.72. The number of nitrogens with zero attached hydrogens (tertiary/aromatic N) is 1. The number of sulfone groups is 1. The highest BCUT2D eigenvalue weighted by atomic mass is 32.2. The molecule has 1 aliphatic heterocycles. The molecule has 1 atom stereocenters. The number of rotatable bonds is 9. The zero-order valence-corrected chi connectivity index (χ0v) is 19.0. The number of hydrogen-bond donors (Lipinski definition) is 2. The van der Waals surface area contributed by atoms with Crippen molar-refractivity contribution in [2.24, 2.45) is 5.73 Å². The van der Waals surface area contributed by atoms with Gasteiger partial charge in [0.25, 0.3) is 10.0 Å². The van der Waals surface area contributed by atoms with E-state index in [-0.39, 0.29) is 29.1 Å². The summed E-state index contributed by atoms with van der Waals surface area (Å²) in [7, 11) is -8.40. The van der Waals surface area contributed by atoms with E-state index in [1.165, 1.54) is 42.5 Å². The molecule has 2 amide bonds. The highest BCUT2D eigenvalue weighted by Crippen LogP contribution is 2.22. The first kappa shape index (κ1) is 24.6. The lowest BCUT2D eigenvalue weighted by molar-refractivity contribution is -0.129. The van der Waals surface area contributed by atoms with Crippen LogP contribution in [0.25, 0.3) is 0 Å². The number of amides is 2. The van der Waals surface area contributed by atoms with Crippen molar-refractivity contribution in [3.8, 4) is 0 Å². The van der Waals surface area contributed by atoms with Gasteiger partial charge in [-0.1, -0.05) is 36.4 Å². The van der Waals surface area contributed by atoms with E-state index in [1.807, 2.05) is 0 Å². The van der Waals surface area contributed by atoms with Crippen LogP contribution >= 0.6 is 0 Å². The third kappa shape index (κ3) is 5.64. The van der Waals surface area contributed by atoms with Gasteiger partial charge >= 0.3 is 0 Å². The molecular formula is C21H22N3O7S2. The van der Waals surface area contributed by atoms with Gasteiger partial charge in [0, 0.05) is 12.1 Å². The topological polar surface area (TPSA) is 161 Å². The van der Waals surface area contributed by atoms with Gasteiger partial charge in [0.1, 0.15) is 6.04 Å². The molecular weight excluding hydrogens is 470 g/mol. The van der Waals surface area contributed by atoms with Gasteiger partial charge in [-0.15, -0.1) is 0 Å². The molecule has 12 heteroatoms. The van der Waals surface area contributed by atoms with Crippen LogP contribution in [0.15, 0.2) is 59.5 Å². The highest BCUT2D eigenvalue weighted by molar-refractivity contribution is 7.91. The van der Waals surface area contributed by atoms with Crippen molar-refractivity contribution in [3.05, 3.63) is 72.1 Å². The second kappa shape index (κ2) is 9.81. The molecule has 2 aromatic carbocycles. The Bertz CT molecular complexity index is 1280. The second-order valence-electron chi connectivity index (χ2n) is 7.35. The third-order valence-electron chi connectivity index (χ3n) is 4.98. The fourth-order valence-electron chi connectivity index (χ4n) is 3.39. The Hall–Kier alpha value is -3.09. The van der Waals surface area contributed by atoms with E-state index >= 15 is 0 Å². The van der Waals surface area contributed by atoms with E-state index in [4.69, 9.17) is 5.73 Å². The Morgan fingerprint density at radius 2 is 1.67 bits per heavy atom. The molecule has 33 heavy (non-hydrogen) atoms. The summed E-state index contributed by atoms with van der Waals surface area (Å²) in [5.41, 5.74) is 5.47. The number of nitrogens with two attached hydrogens (primary N) is 1. The third-order valence-corrected chi connectivity index (χ3v) is 8.22. The van der Waals surface area contributed by atoms with Gasteiger partial charge in [-0.3, -0.25) is 14.4 Å². The van der Waals surface area contributed by atoms with E-state index in [0.29, 0.717) is 10.7 Å². The number of benzene rings is 2. The van der Waals surface area contributed by atoms with Crippen LogP contribution in [0.5, 0.6) is 0 Å². The van der Waals surface area contributed by atoms with Crippen molar-refractivity contribution in [1.29, 1.82) is 0 Å². The lowest BCUT2D eigenvalue weighted by Gasteiger charge is -2.27. The zero-order valence-electron chi connectivity index (χ0n) is 17.4. The first-order chi connectivity index (χ1) is 15.5. The van der Waals surface area contributed by atoms with Crippen molar-refractivity contribution in [1.82, 2.24) is 9.62 Å². The summed E-state index contributed by atoms with van der Waals surface area (Å²) in [6.45, 7) is -0.190. The largest absolute Gasteiger partial charge is 0.366 e. The van der Waals surface area contributed by atoms with Crippen LogP contribution in [-0.4, -0.2) is 63.6 Å². The number of carbonyl (C=O) groups excluding carboxylic acids is 3. The van der Waals surface area contributed by atoms with Crippen LogP contribution in [-0.2, 0) is 35.2 Å². The maximum Gasteiger partial charge on any atom is 0.267 e. The van der Waals surface area contributed by atoms with E-state index in [2.05, 4.69) is 5.32 Å². The summed E-state index contributed by atoms with van der Waals surface area (Å²) in [6, 6.07) is 11.7. The molecule has 175 valence electrons. The second-order valence-corrected chi connectivity index (χ2v) is 11.3. The minimum absolute atomic E-state index is 0.0308. The van der Waals surface area contributed by atoms with Crippen molar-refractivity contribution >= 4 is 37.5 Å². The van der Waals surface area contributed by atoms with E-state index in [0.717, 1.165) is 0 Å². The molecule has 0 bridgehead atoms. The normalized spacial score (nSPS) is 16.5. The Morgan fingerprint density at radius 3 is 2.27 bits per heavy atom. The Labute approximate surface area is 191 Å². The minimum atomic E-state index is -4.43. The average molecular weight is 493 g/mol. The standard InChI is InChI=1S/C21H22N3O7S2/c22-21(27)17-9-5-4-6-15(17)14-32(28,29)11-10-20(26)24(18-12-23-13-19(18)25)33(30,31)16-7-2-1-3-8-16/h1-10,18,23H,11-14H2,(H2,22,27). The molecule has 1 saturated heterocycles. The number of hydrogen-bond acceptors (Lipinski definition) is 8. The number of ketones is 1. The van der Waals surface area contributed by atoms with Gasteiger partial charge in [-0.2, -0.15) is 0 Å². The number of sulfonamides is 1. The maximum absolute atomic E-state index is 13.1. The minimum Gasteiger partial charge on any atom is -0.366 e. The van der Waals surface area contributed by atoms with Gasteiger partial charge in [-0.25, -0.2) is 21.1 Å². The molecule has 0 saturated carbocycles. The highest BCUT2D eigenvalue weighted by Gasteiger charge is 2.41. The van der Waals surface area contributed by atoms with Gasteiger partial charge in [0.15, 0.2) is 15.6 Å². The monoisotopic (exact) mass is 492 g/mol. The Morgan fingerprint density at radius 1 is 1.03 bits per heavy atom. The summed E-state index contributed by atoms with van der Waals surface area (Å²) >= 11 is 0. The number of carbonyl (C=O) groups is 3. The number of Topliss-reactive ketones (excluding diaryl/α,β-unsaturated/α-hetero) is 1. The van der Waals surface area contributed by atoms with Gasteiger partial charge in [0.2, 0.25) is 11.8 Å². The molecule has 3 N–H and O–H groups in total. The summed E-state index contributed by atoms with van der Waals surface area (Å²) in [6.07, 6.45) is 0.717. The predicted molar refractivity (Wildman–Crippen MR) is 119 cm³/mol. The molecule has 1 fully saturated rings. The first-order valence-corrected chi connectivity index (χ1v) is 13.1. The van der Waals surface area contributed by atoms with Crippen LogP contribution < -0.4 is 11.1 Å². The van der Waals surface area contributed by atoms with Crippen LogP contribution in [0.3, 0.4) is 0 Å². The van der Waals surface area contributed by atoms with Crippen molar-refractivity contribution in [2.75, 3.05) is 18.8 Å².